The van der Waals surface area contributed by atoms with Gasteiger partial charge in [0.15, 0.2) is 0 Å². The number of carbonyl (C=O) groups excluding carboxylic acids is 2. The Labute approximate surface area is 938 Å². The highest BCUT2D eigenvalue weighted by Gasteiger charge is 2.31. The van der Waals surface area contributed by atoms with Crippen LogP contribution in [0.2, 0.25) is 0 Å². The number of likely N-dealkylation sites (tertiary alicyclic amines) is 6. The molecule has 13 fully saturated rings. The molecule has 13 aliphatic heterocycles. The quantitative estimate of drug-likeness (QED) is 0.0618. The van der Waals surface area contributed by atoms with Gasteiger partial charge in [-0.1, -0.05) is 94.0 Å². The predicted molar refractivity (Wildman–Crippen MR) is 656 cm³/mol. The van der Waals surface area contributed by atoms with Crippen LogP contribution in [-0.2, 0) is 32.5 Å². The van der Waals surface area contributed by atoms with Crippen LogP contribution in [-0.4, -0.2) is 507 Å². The standard InChI is InChI=1S/C10H20N2O2.C9H20N2.C9H19N.C8H19N2O4P.C8H18N2.C8H15NO.2C8H17NO.2C8H17N.C7H17N2O4P.C7H15NO.C7H15NS.10CH4/c1-4-14-10(13)12-7-5-11(6-8-12)9(2)3;1-4-10-5-7-11(8-6-10)9(2)3;1-8(2)10-7-5-4-6-9(10)3;1-8(2)10-5-3-9(4-6-10)7-14-15(11,12)13;1-8(2)10-6-4-9(3)5-7-10;1-7(2)9-5-3-8(10)4-6-9;1-7(2)9-5-3-4-8(9)6-10;1-7(2)9-5-3-4-8(10)6-9;1-8(2,3)9-6-4-5-7-9;1-8(2)9-6-4-3-5-7-9;1-7(2)8-3-5-9(6-4-8)13-14(10,11)12;2*1-7(2)8-3-5-9-6-4-8;;;;;;;;;;/h9H,4-8H2,1-3H3;9H,4-8H2,1-3H3;8-9H,4-7H2,1-3H3;8H,3-7H2,1-2H3,(H2,11,12,13);8H,4-7H2,1-3H3;7H,3-6H2,1-2H3;2*7-8,10H,3-6H2,1-2H3;4-7H2,1-3H3;8H,3-7H2,1-2H3;7H,3-6H2,1-2H3,(H2,10,11,12);2*7H,3-6H2,1-2H3;10*1H4/t;;;;;;2*8-;;;;;;;;;;;;;;;/m......01.............../s1. The predicted octanol–water partition coefficient (Wildman–Crippen LogP) is 20.3. The third-order valence-corrected chi connectivity index (χ3v) is 30.8. The molecule has 1 unspecified atom stereocenters. The first-order chi connectivity index (χ1) is 65.7. The zero-order chi connectivity index (χ0) is 106. The zero-order valence-electron chi connectivity index (χ0n) is 96.1. The third kappa shape index (κ3) is 80.5. The molecule has 13 rings (SSSR count). The maximum atomic E-state index is 11.4. The van der Waals surface area contributed by atoms with E-state index < -0.39 is 15.6 Å². The summed E-state index contributed by atoms with van der Waals surface area (Å²) >= 11 is 2.07. The minimum Gasteiger partial charge on any atom is -0.450 e. The number of hydroxylamine groups is 2. The maximum absolute atomic E-state index is 11.4. The lowest BCUT2D eigenvalue weighted by atomic mass is 10.0. The fourth-order valence-corrected chi connectivity index (χ4v) is 20.7. The number of likely N-dealkylation sites (N-methyl/N-ethyl adjacent to an activating group) is 2. The van der Waals surface area contributed by atoms with E-state index in [4.69, 9.17) is 34.2 Å². The number of carbonyl (C=O) groups is 2. The minimum absolute atomic E-state index is 0. The number of thioether (sulfide) groups is 1. The van der Waals surface area contributed by atoms with Crippen LogP contribution in [0.15, 0.2) is 0 Å². The van der Waals surface area contributed by atoms with Gasteiger partial charge in [-0.15, -0.1) is 0 Å². The number of phosphoric ester groups is 1. The molecule has 0 aromatic heterocycles. The number of aliphatic hydroxyl groups excluding tert-OH is 2. The monoisotopic (exact) mass is 2220 g/mol. The molecule has 0 radical (unpaired) electrons. The van der Waals surface area contributed by atoms with Crippen LogP contribution in [0.4, 0.5) is 4.79 Å². The number of ether oxygens (including phenoxy) is 2. The molecule has 35 heteroatoms. The van der Waals surface area contributed by atoms with Gasteiger partial charge in [-0.2, -0.15) is 21.4 Å². The van der Waals surface area contributed by atoms with Crippen molar-refractivity contribution in [1.82, 2.24) is 88.4 Å². The molecule has 0 saturated carbocycles. The second-order valence-corrected chi connectivity index (χ2v) is 48.1. The lowest BCUT2D eigenvalue weighted by molar-refractivity contribution is -0.121. The Hall–Kier alpha value is -1.29. The summed E-state index contributed by atoms with van der Waals surface area (Å²) < 4.78 is 40.1. The number of morpholine rings is 1. The molecule has 13 saturated heterocycles. The number of ketones is 1. The van der Waals surface area contributed by atoms with E-state index in [1.807, 2.05) is 11.8 Å². The van der Waals surface area contributed by atoms with Crippen molar-refractivity contribution in [2.75, 3.05) is 281 Å². The van der Waals surface area contributed by atoms with E-state index in [0.717, 1.165) is 180 Å². The minimum atomic E-state index is -4.37. The number of nitrogens with zero attached hydrogens (tertiary/aromatic N) is 18. The van der Waals surface area contributed by atoms with Crippen LogP contribution in [0, 0.1) is 0 Å². The van der Waals surface area contributed by atoms with E-state index in [1.165, 1.54) is 192 Å². The summed E-state index contributed by atoms with van der Waals surface area (Å²) in [7, 11) is -6.50. The van der Waals surface area contributed by atoms with E-state index in [-0.39, 0.29) is 93.2 Å². The molecule has 0 aromatic rings. The lowest BCUT2D eigenvalue weighted by Crippen LogP contribution is -2.50. The van der Waals surface area contributed by atoms with Crippen molar-refractivity contribution in [3.8, 4) is 0 Å². The second-order valence-electron chi connectivity index (χ2n) is 44.5. The number of amides is 1. The first kappa shape index (κ1) is 169. The van der Waals surface area contributed by atoms with Crippen molar-refractivity contribution in [3.63, 3.8) is 0 Å². The van der Waals surface area contributed by atoms with Gasteiger partial charge in [0.1, 0.15) is 12.5 Å². The molecule has 13 heterocycles. The smallest absolute Gasteiger partial charge is 0.450 e. The van der Waals surface area contributed by atoms with E-state index >= 15 is 0 Å². The van der Waals surface area contributed by atoms with Gasteiger partial charge in [-0.3, -0.25) is 68.1 Å². The molecule has 32 nitrogen and oxygen atoms in total. The average Bonchev–Trinajstić information content (AvgIpc) is 1.46. The van der Waals surface area contributed by atoms with Crippen molar-refractivity contribution in [3.05, 3.63) is 0 Å². The van der Waals surface area contributed by atoms with Gasteiger partial charge in [0, 0.05) is 291 Å². The van der Waals surface area contributed by atoms with Gasteiger partial charge in [0.05, 0.1) is 32.5 Å². The van der Waals surface area contributed by atoms with Crippen LogP contribution in [0.5, 0.6) is 0 Å². The summed E-state index contributed by atoms with van der Waals surface area (Å²) in [4.78, 5) is 96.7. The van der Waals surface area contributed by atoms with Gasteiger partial charge in [-0.05, 0) is 324 Å². The summed E-state index contributed by atoms with van der Waals surface area (Å²) in [6, 6.07) is 9.04. The fraction of sp³-hybridized carbons (Fsp3) is 0.983. The van der Waals surface area contributed by atoms with Crippen molar-refractivity contribution in [2.45, 2.75) is 468 Å². The average molecular weight is 2220 g/mol. The number of phosphoric acid groups is 2. The highest BCUT2D eigenvalue weighted by Crippen LogP contribution is 2.38. The number of hydrogen-bond acceptors (Lipinski definition) is 28. The van der Waals surface area contributed by atoms with E-state index in [1.54, 1.807) is 4.90 Å². The number of piperidine rings is 4. The number of rotatable bonds is 20. The number of hydrogen-bond donors (Lipinski definition) is 6. The Morgan fingerprint density at radius 2 is 0.727 bits per heavy atom. The highest BCUT2D eigenvalue weighted by molar-refractivity contribution is 7.99. The summed E-state index contributed by atoms with van der Waals surface area (Å²) in [5.74, 6) is 3.09. The summed E-state index contributed by atoms with van der Waals surface area (Å²) in [5, 5.41) is 19.6. The molecular weight excluding hydrogens is 1950 g/mol. The van der Waals surface area contributed by atoms with Crippen molar-refractivity contribution < 1.29 is 67.1 Å². The number of aliphatic hydroxyl groups is 2. The molecule has 0 bridgehead atoms. The molecule has 0 aromatic carbocycles. The lowest BCUT2D eigenvalue weighted by Gasteiger charge is -2.36. The molecule has 3 atom stereocenters. The molecule has 0 aliphatic carbocycles. The van der Waals surface area contributed by atoms with Crippen LogP contribution in [0.25, 0.3) is 0 Å². The third-order valence-electron chi connectivity index (χ3n) is 29.0. The van der Waals surface area contributed by atoms with Crippen LogP contribution < -0.4 is 0 Å². The SMILES string of the molecule is C.C.C.C.C.C.C.C.C.C.CC(C)(C)N1CCCC1.CC(C)N1CCC(=O)CC1.CC(C)N1CCCCC1.CC(C)N1CCCCC1C.CC(C)N1CCC[C@@H](O)C1.CC(C)N1CCC[C@H]1CO.CC(C)N1CCN(C)CC1.CC(C)N1CCN(COP(=O)(O)O)CC1.CC(C)N1CCN(OP(=O)(O)O)CC1.CC(C)N1CCOCC1.CC(C)N1CCSCC1.CCN1CCN(C(C)C)CC1.CCOC(=O)N1CCN(C(C)C)CC1. The fourth-order valence-electron chi connectivity index (χ4n) is 19.0. The molecule has 1 amide bonds. The van der Waals surface area contributed by atoms with Crippen LogP contribution in [0.1, 0.15) is 372 Å². The Bertz CT molecular complexity index is 2990. The maximum Gasteiger partial charge on any atom is 0.486 e. The summed E-state index contributed by atoms with van der Waals surface area (Å²) in [6.45, 7) is 106. The molecule has 13 aliphatic rings. The molecule has 0 spiro atoms. The van der Waals surface area contributed by atoms with Gasteiger partial charge < -0.3 is 63.8 Å². The van der Waals surface area contributed by atoms with Crippen molar-refractivity contribution >= 4 is 39.3 Å². The van der Waals surface area contributed by atoms with Crippen molar-refractivity contribution in [2.24, 2.45) is 0 Å². The van der Waals surface area contributed by atoms with Gasteiger partial charge in [-0.25, -0.2) is 13.9 Å². The van der Waals surface area contributed by atoms with Crippen LogP contribution >= 0.6 is 27.4 Å². The Balaban J connectivity index is -0.000000177. The Morgan fingerprint density at radius 1 is 0.387 bits per heavy atom. The second kappa shape index (κ2) is 95.2. The van der Waals surface area contributed by atoms with Crippen molar-refractivity contribution in [1.29, 1.82) is 0 Å². The van der Waals surface area contributed by atoms with Gasteiger partial charge in [0.25, 0.3) is 0 Å². The molecule has 6 N–H and O–H groups in total. The number of β-amino-alcohol motifs (C(OH)–C–C–N with tert-alkyl or cyclic N) is 1. The van der Waals surface area contributed by atoms with Gasteiger partial charge in [0.2, 0.25) is 0 Å². The largest absolute Gasteiger partial charge is 0.486 e. The number of piperazine rings is 5. The topological polar surface area (TPSA) is 285 Å². The molecule has 916 valence electrons. The Kier molecular flexibility index (Phi) is 107. The van der Waals surface area contributed by atoms with E-state index in [9.17, 15) is 23.8 Å². The van der Waals surface area contributed by atoms with Gasteiger partial charge >= 0.3 is 21.7 Å². The zero-order valence-corrected chi connectivity index (χ0v) is 98.7. The summed E-state index contributed by atoms with van der Waals surface area (Å²) in [5.41, 5.74) is 0.413. The molecular formula is C115H266N18O14P2S. The first-order valence-electron chi connectivity index (χ1n) is 55.6. The highest BCUT2D eigenvalue weighted by atomic mass is 32.2. The summed E-state index contributed by atoms with van der Waals surface area (Å²) in [6.07, 6.45) is 17.2. The normalized spacial score (nSPS) is 22.0. The number of Topliss-reactive ketones (excluding diaryl/α,β-unsaturated/α-hetero) is 1. The van der Waals surface area contributed by atoms with E-state index in [2.05, 4.69) is 302 Å². The Morgan fingerprint density at radius 3 is 1.04 bits per heavy atom. The first-order valence-corrected chi connectivity index (χ1v) is 59.8. The van der Waals surface area contributed by atoms with Crippen LogP contribution in [0.3, 0.4) is 0 Å². The molecule has 150 heavy (non-hydrogen) atoms. The van der Waals surface area contributed by atoms with E-state index in [0.29, 0.717) is 86.0 Å².